The van der Waals surface area contributed by atoms with Crippen LogP contribution in [0.15, 0.2) is 24.3 Å². The predicted molar refractivity (Wildman–Crippen MR) is 76.0 cm³/mol. The fraction of sp³-hybridized carbons (Fsp3) is 0.467. The number of hydrogen-bond acceptors (Lipinski definition) is 3. The molecule has 0 aliphatic heterocycles. The molecular formula is C15H21NO4. The molecule has 0 saturated carbocycles. The molecule has 1 rings (SSSR count). The van der Waals surface area contributed by atoms with E-state index in [9.17, 15) is 14.7 Å². The van der Waals surface area contributed by atoms with Crippen LogP contribution < -0.4 is 10.1 Å². The summed E-state index contributed by atoms with van der Waals surface area (Å²) in [6, 6.07) is 6.62. The van der Waals surface area contributed by atoms with Gasteiger partial charge in [0.05, 0.1) is 6.61 Å². The number of carbonyl (C=O) groups is 2. The van der Waals surface area contributed by atoms with Crippen molar-refractivity contribution in [2.24, 2.45) is 0 Å². The molecule has 1 aromatic rings. The molecule has 1 atom stereocenters. The summed E-state index contributed by atoms with van der Waals surface area (Å²) in [6.45, 7) is 5.83. The van der Waals surface area contributed by atoms with Crippen molar-refractivity contribution in [2.45, 2.75) is 39.2 Å². The van der Waals surface area contributed by atoms with Crippen molar-refractivity contribution in [1.29, 1.82) is 0 Å². The Morgan fingerprint density at radius 3 is 2.30 bits per heavy atom. The zero-order chi connectivity index (χ0) is 15.2. The number of carboxylic acid groups (broad SMARTS) is 1. The monoisotopic (exact) mass is 279 g/mol. The summed E-state index contributed by atoms with van der Waals surface area (Å²) in [5, 5.41) is 11.8. The molecule has 5 heteroatoms. The second kappa shape index (κ2) is 6.93. The lowest BCUT2D eigenvalue weighted by molar-refractivity contribution is -0.144. The second-order valence-electron chi connectivity index (χ2n) is 4.80. The molecule has 0 radical (unpaired) electrons. The van der Waals surface area contributed by atoms with E-state index in [1.54, 1.807) is 24.3 Å². The highest BCUT2D eigenvalue weighted by atomic mass is 16.5. The first-order valence-corrected chi connectivity index (χ1v) is 6.71. The van der Waals surface area contributed by atoms with Gasteiger partial charge >= 0.3 is 5.97 Å². The van der Waals surface area contributed by atoms with Gasteiger partial charge in [0.1, 0.15) is 11.3 Å². The number of ether oxygens (including phenoxy) is 1. The highest BCUT2D eigenvalue weighted by Gasteiger charge is 2.33. The SMILES string of the molecule is CCCC(C)(NC(=O)c1ccc(OCC)cc1)C(=O)O. The summed E-state index contributed by atoms with van der Waals surface area (Å²) in [4.78, 5) is 23.4. The van der Waals surface area contributed by atoms with E-state index in [1.807, 2.05) is 13.8 Å². The molecule has 110 valence electrons. The van der Waals surface area contributed by atoms with Crippen molar-refractivity contribution in [2.75, 3.05) is 6.61 Å². The highest BCUT2D eigenvalue weighted by molar-refractivity contribution is 5.97. The van der Waals surface area contributed by atoms with E-state index in [-0.39, 0.29) is 0 Å². The number of carboxylic acids is 1. The van der Waals surface area contributed by atoms with E-state index in [0.717, 1.165) is 0 Å². The summed E-state index contributed by atoms with van der Waals surface area (Å²) in [5.74, 6) is -0.747. The molecule has 0 saturated heterocycles. The summed E-state index contributed by atoms with van der Waals surface area (Å²) >= 11 is 0. The summed E-state index contributed by atoms with van der Waals surface area (Å²) < 4.78 is 5.29. The Morgan fingerprint density at radius 2 is 1.85 bits per heavy atom. The number of nitrogens with one attached hydrogen (secondary N) is 1. The van der Waals surface area contributed by atoms with Gasteiger partial charge in [-0.25, -0.2) is 4.79 Å². The van der Waals surface area contributed by atoms with Crippen LogP contribution in [0.4, 0.5) is 0 Å². The highest BCUT2D eigenvalue weighted by Crippen LogP contribution is 2.16. The molecule has 0 aliphatic rings. The van der Waals surface area contributed by atoms with Gasteiger partial charge in [-0.1, -0.05) is 13.3 Å². The smallest absolute Gasteiger partial charge is 0.329 e. The van der Waals surface area contributed by atoms with Gasteiger partial charge in [-0.3, -0.25) is 4.79 Å². The summed E-state index contributed by atoms with van der Waals surface area (Å²) in [7, 11) is 0. The van der Waals surface area contributed by atoms with Crippen LogP contribution in [-0.4, -0.2) is 29.1 Å². The normalized spacial score (nSPS) is 13.3. The van der Waals surface area contributed by atoms with Gasteiger partial charge in [0, 0.05) is 5.56 Å². The molecule has 0 spiro atoms. The van der Waals surface area contributed by atoms with Crippen molar-refractivity contribution >= 4 is 11.9 Å². The molecule has 0 heterocycles. The molecule has 1 unspecified atom stereocenters. The molecule has 0 aromatic heterocycles. The number of benzene rings is 1. The van der Waals surface area contributed by atoms with Gasteiger partial charge < -0.3 is 15.2 Å². The zero-order valence-corrected chi connectivity index (χ0v) is 12.1. The third kappa shape index (κ3) is 3.98. The first-order chi connectivity index (χ1) is 9.42. The number of rotatable bonds is 7. The Labute approximate surface area is 118 Å². The Hall–Kier alpha value is -2.04. The Balaban J connectivity index is 2.81. The van der Waals surface area contributed by atoms with Gasteiger partial charge in [0.25, 0.3) is 5.91 Å². The van der Waals surface area contributed by atoms with Crippen molar-refractivity contribution in [1.82, 2.24) is 5.32 Å². The van der Waals surface area contributed by atoms with Crippen molar-refractivity contribution in [3.05, 3.63) is 29.8 Å². The van der Waals surface area contributed by atoms with Gasteiger partial charge in [-0.2, -0.15) is 0 Å². The lowest BCUT2D eigenvalue weighted by Crippen LogP contribution is -2.52. The Morgan fingerprint density at radius 1 is 1.25 bits per heavy atom. The minimum Gasteiger partial charge on any atom is -0.494 e. The number of hydrogen-bond donors (Lipinski definition) is 2. The third-order valence-electron chi connectivity index (χ3n) is 3.04. The minimum absolute atomic E-state index is 0.380. The molecule has 1 amide bonds. The van der Waals surface area contributed by atoms with Crippen molar-refractivity contribution in [3.63, 3.8) is 0 Å². The van der Waals surface area contributed by atoms with E-state index < -0.39 is 17.4 Å². The van der Waals surface area contributed by atoms with Crippen LogP contribution in [0, 0.1) is 0 Å². The average Bonchev–Trinajstić information content (AvgIpc) is 2.40. The van der Waals surface area contributed by atoms with Crippen molar-refractivity contribution < 1.29 is 19.4 Å². The predicted octanol–water partition coefficient (Wildman–Crippen LogP) is 2.46. The second-order valence-corrected chi connectivity index (χ2v) is 4.80. The molecule has 0 aliphatic carbocycles. The number of amides is 1. The third-order valence-corrected chi connectivity index (χ3v) is 3.04. The van der Waals surface area contributed by atoms with E-state index in [4.69, 9.17) is 4.74 Å². The maximum atomic E-state index is 12.1. The van der Waals surface area contributed by atoms with Gasteiger partial charge in [0.15, 0.2) is 0 Å². The first-order valence-electron chi connectivity index (χ1n) is 6.71. The van der Waals surface area contributed by atoms with Gasteiger partial charge in [-0.15, -0.1) is 0 Å². The number of carbonyl (C=O) groups excluding carboxylic acids is 1. The van der Waals surface area contributed by atoms with E-state index in [0.29, 0.717) is 30.8 Å². The molecule has 2 N–H and O–H groups in total. The lowest BCUT2D eigenvalue weighted by Gasteiger charge is -2.25. The van der Waals surface area contributed by atoms with Crippen molar-refractivity contribution in [3.8, 4) is 5.75 Å². The fourth-order valence-electron chi connectivity index (χ4n) is 1.91. The van der Waals surface area contributed by atoms with Crippen LogP contribution in [0.25, 0.3) is 0 Å². The quantitative estimate of drug-likeness (QED) is 0.804. The van der Waals surface area contributed by atoms with Gasteiger partial charge in [-0.05, 0) is 44.5 Å². The summed E-state index contributed by atoms with van der Waals surface area (Å²) in [6.07, 6.45) is 1.05. The number of aliphatic carboxylic acids is 1. The van der Waals surface area contributed by atoms with E-state index in [2.05, 4.69) is 5.32 Å². The molecule has 1 aromatic carbocycles. The fourth-order valence-corrected chi connectivity index (χ4v) is 1.91. The van der Waals surface area contributed by atoms with Gasteiger partial charge in [0.2, 0.25) is 0 Å². The Kier molecular flexibility index (Phi) is 5.55. The lowest BCUT2D eigenvalue weighted by atomic mass is 9.96. The van der Waals surface area contributed by atoms with Crippen LogP contribution in [0.2, 0.25) is 0 Å². The minimum atomic E-state index is -1.25. The van der Waals surface area contributed by atoms with Crippen LogP contribution in [-0.2, 0) is 4.79 Å². The average molecular weight is 279 g/mol. The Bertz CT molecular complexity index is 469. The van der Waals surface area contributed by atoms with E-state index >= 15 is 0 Å². The molecule has 5 nitrogen and oxygen atoms in total. The van der Waals surface area contributed by atoms with Crippen LogP contribution in [0.1, 0.15) is 44.0 Å². The molecular weight excluding hydrogens is 258 g/mol. The maximum absolute atomic E-state index is 12.1. The zero-order valence-electron chi connectivity index (χ0n) is 12.1. The van der Waals surface area contributed by atoms with Crippen LogP contribution in [0.5, 0.6) is 5.75 Å². The molecule has 0 bridgehead atoms. The largest absolute Gasteiger partial charge is 0.494 e. The summed E-state index contributed by atoms with van der Waals surface area (Å²) in [5.41, 5.74) is -0.832. The molecule has 0 fully saturated rings. The molecule has 20 heavy (non-hydrogen) atoms. The maximum Gasteiger partial charge on any atom is 0.329 e. The van der Waals surface area contributed by atoms with Crippen LogP contribution >= 0.6 is 0 Å². The standard InChI is InChI=1S/C15H21NO4/c1-4-10-15(3,14(18)19)16-13(17)11-6-8-12(9-7-11)20-5-2/h6-9H,4-5,10H2,1-3H3,(H,16,17)(H,18,19). The first kappa shape index (κ1) is 16.0. The van der Waals surface area contributed by atoms with Crippen LogP contribution in [0.3, 0.4) is 0 Å². The topological polar surface area (TPSA) is 75.6 Å². The van der Waals surface area contributed by atoms with E-state index in [1.165, 1.54) is 6.92 Å².